The molecule has 1 unspecified atom stereocenters. The fourth-order valence-corrected chi connectivity index (χ4v) is 2.63. The minimum atomic E-state index is 0.671. The molecule has 1 atom stereocenters. The van der Waals surface area contributed by atoms with Crippen LogP contribution in [0.5, 0.6) is 0 Å². The van der Waals surface area contributed by atoms with Gasteiger partial charge in [-0.3, -0.25) is 0 Å². The van der Waals surface area contributed by atoms with E-state index in [-0.39, 0.29) is 0 Å². The van der Waals surface area contributed by atoms with E-state index in [2.05, 4.69) is 49.4 Å². The Bertz CT molecular complexity index is 365. The Morgan fingerprint density at radius 3 is 2.76 bits per heavy atom. The zero-order chi connectivity index (χ0) is 12.3. The van der Waals surface area contributed by atoms with Gasteiger partial charge in [0, 0.05) is 25.8 Å². The number of hydrogen-bond donors (Lipinski definition) is 1. The van der Waals surface area contributed by atoms with Crippen LogP contribution in [0, 0.1) is 6.92 Å². The Kier molecular flexibility index (Phi) is 4.06. The summed E-state index contributed by atoms with van der Waals surface area (Å²) in [5.41, 5.74) is 4.19. The van der Waals surface area contributed by atoms with Gasteiger partial charge in [0.05, 0.1) is 0 Å². The van der Waals surface area contributed by atoms with Crippen molar-refractivity contribution in [2.75, 3.05) is 25.5 Å². The first kappa shape index (κ1) is 12.4. The van der Waals surface area contributed by atoms with E-state index < -0.39 is 0 Å². The predicted octanol–water partition coefficient (Wildman–Crippen LogP) is 2.75. The van der Waals surface area contributed by atoms with Crippen molar-refractivity contribution in [3.05, 3.63) is 29.3 Å². The molecule has 94 valence electrons. The number of nitrogens with one attached hydrogen (secondary N) is 1. The molecule has 2 nitrogen and oxygen atoms in total. The Morgan fingerprint density at radius 2 is 2.12 bits per heavy atom. The van der Waals surface area contributed by atoms with Crippen LogP contribution in [-0.4, -0.2) is 26.7 Å². The van der Waals surface area contributed by atoms with Crippen molar-refractivity contribution in [1.29, 1.82) is 0 Å². The minimum absolute atomic E-state index is 0.671. The zero-order valence-corrected chi connectivity index (χ0v) is 11.3. The van der Waals surface area contributed by atoms with Gasteiger partial charge in [-0.05, 0) is 49.9 Å². The first-order valence-electron chi connectivity index (χ1n) is 6.67. The zero-order valence-electron chi connectivity index (χ0n) is 11.3. The van der Waals surface area contributed by atoms with Gasteiger partial charge in [0.1, 0.15) is 0 Å². The number of rotatable bonds is 3. The second-order valence-electron chi connectivity index (χ2n) is 5.38. The molecule has 17 heavy (non-hydrogen) atoms. The highest BCUT2D eigenvalue weighted by Crippen LogP contribution is 2.23. The average molecular weight is 232 g/mol. The molecule has 0 radical (unpaired) electrons. The molecular formula is C15H24N2. The van der Waals surface area contributed by atoms with E-state index in [1.165, 1.54) is 42.6 Å². The van der Waals surface area contributed by atoms with Gasteiger partial charge in [-0.2, -0.15) is 0 Å². The molecule has 0 aliphatic carbocycles. The van der Waals surface area contributed by atoms with Crippen molar-refractivity contribution >= 4 is 5.69 Å². The van der Waals surface area contributed by atoms with E-state index in [1.54, 1.807) is 0 Å². The maximum absolute atomic E-state index is 3.63. The van der Waals surface area contributed by atoms with Gasteiger partial charge >= 0.3 is 0 Å². The molecule has 1 heterocycles. The van der Waals surface area contributed by atoms with Crippen LogP contribution in [-0.2, 0) is 6.42 Å². The van der Waals surface area contributed by atoms with E-state index >= 15 is 0 Å². The van der Waals surface area contributed by atoms with Gasteiger partial charge in [0.25, 0.3) is 0 Å². The van der Waals surface area contributed by atoms with Crippen LogP contribution in [0.4, 0.5) is 5.69 Å². The third-order valence-corrected chi connectivity index (χ3v) is 3.60. The molecule has 1 saturated heterocycles. The highest BCUT2D eigenvalue weighted by Gasteiger charge is 2.15. The molecule has 1 aliphatic rings. The number of anilines is 1. The third-order valence-electron chi connectivity index (χ3n) is 3.60. The van der Waals surface area contributed by atoms with Crippen LogP contribution in [0.1, 0.15) is 30.4 Å². The lowest BCUT2D eigenvalue weighted by atomic mass is 9.96. The summed E-state index contributed by atoms with van der Waals surface area (Å²) in [6.07, 6.45) is 5.19. The van der Waals surface area contributed by atoms with E-state index in [9.17, 15) is 0 Å². The monoisotopic (exact) mass is 232 g/mol. The SMILES string of the molecule is Cc1ccc(CC2CCCCN2)c(N(C)C)c1. The fraction of sp³-hybridized carbons (Fsp3) is 0.600. The van der Waals surface area contributed by atoms with Crippen LogP contribution in [0.15, 0.2) is 18.2 Å². The van der Waals surface area contributed by atoms with Crippen molar-refractivity contribution in [1.82, 2.24) is 5.32 Å². The topological polar surface area (TPSA) is 15.3 Å². The first-order chi connectivity index (χ1) is 8.16. The van der Waals surface area contributed by atoms with E-state index in [4.69, 9.17) is 0 Å². The average Bonchev–Trinajstić information content (AvgIpc) is 2.32. The predicted molar refractivity (Wildman–Crippen MR) is 74.9 cm³/mol. The van der Waals surface area contributed by atoms with Gasteiger partial charge < -0.3 is 10.2 Å². The van der Waals surface area contributed by atoms with E-state index in [0.29, 0.717) is 6.04 Å². The molecule has 0 spiro atoms. The smallest absolute Gasteiger partial charge is 0.0396 e. The van der Waals surface area contributed by atoms with E-state index in [0.717, 1.165) is 6.42 Å². The van der Waals surface area contributed by atoms with Gasteiger partial charge in [-0.25, -0.2) is 0 Å². The lowest BCUT2D eigenvalue weighted by Crippen LogP contribution is -2.35. The minimum Gasteiger partial charge on any atom is -0.377 e. The number of benzene rings is 1. The van der Waals surface area contributed by atoms with Crippen molar-refractivity contribution < 1.29 is 0 Å². The highest BCUT2D eigenvalue weighted by atomic mass is 15.1. The quantitative estimate of drug-likeness (QED) is 0.862. The van der Waals surface area contributed by atoms with E-state index in [1.807, 2.05) is 0 Å². The molecule has 0 aromatic heterocycles. The van der Waals surface area contributed by atoms with Crippen LogP contribution < -0.4 is 10.2 Å². The van der Waals surface area contributed by atoms with Crippen LogP contribution >= 0.6 is 0 Å². The van der Waals surface area contributed by atoms with Gasteiger partial charge in [0.15, 0.2) is 0 Å². The van der Waals surface area contributed by atoms with Crippen molar-refractivity contribution in [2.45, 2.75) is 38.6 Å². The van der Waals surface area contributed by atoms with Gasteiger partial charge in [0.2, 0.25) is 0 Å². The maximum atomic E-state index is 3.63. The Labute approximate surface area is 105 Å². The normalized spacial score (nSPS) is 20.3. The van der Waals surface area contributed by atoms with Gasteiger partial charge in [-0.15, -0.1) is 0 Å². The van der Waals surface area contributed by atoms with Gasteiger partial charge in [-0.1, -0.05) is 18.6 Å². The lowest BCUT2D eigenvalue weighted by Gasteiger charge is -2.26. The molecule has 2 heteroatoms. The molecule has 1 fully saturated rings. The first-order valence-corrected chi connectivity index (χ1v) is 6.67. The number of piperidine rings is 1. The largest absolute Gasteiger partial charge is 0.377 e. The molecule has 1 aromatic carbocycles. The molecule has 0 amide bonds. The molecular weight excluding hydrogens is 208 g/mol. The maximum Gasteiger partial charge on any atom is 0.0396 e. The summed E-state index contributed by atoms with van der Waals surface area (Å²) in [4.78, 5) is 2.23. The summed E-state index contributed by atoms with van der Waals surface area (Å²) in [5, 5.41) is 3.63. The summed E-state index contributed by atoms with van der Waals surface area (Å²) < 4.78 is 0. The molecule has 0 bridgehead atoms. The summed E-state index contributed by atoms with van der Waals surface area (Å²) >= 11 is 0. The third kappa shape index (κ3) is 3.22. The number of nitrogens with zero attached hydrogens (tertiary/aromatic N) is 1. The Morgan fingerprint density at radius 1 is 1.29 bits per heavy atom. The van der Waals surface area contributed by atoms with Crippen LogP contribution in [0.3, 0.4) is 0 Å². The van der Waals surface area contributed by atoms with Crippen LogP contribution in [0.2, 0.25) is 0 Å². The number of aryl methyl sites for hydroxylation is 1. The molecule has 0 saturated carbocycles. The second kappa shape index (κ2) is 5.54. The summed E-state index contributed by atoms with van der Waals surface area (Å²) in [6, 6.07) is 7.48. The van der Waals surface area contributed by atoms with Crippen molar-refractivity contribution in [2.24, 2.45) is 0 Å². The summed E-state index contributed by atoms with van der Waals surface area (Å²) in [6.45, 7) is 3.35. The molecule has 1 aliphatic heterocycles. The number of hydrogen-bond acceptors (Lipinski definition) is 2. The van der Waals surface area contributed by atoms with Crippen LogP contribution in [0.25, 0.3) is 0 Å². The second-order valence-corrected chi connectivity index (χ2v) is 5.38. The molecule has 1 N–H and O–H groups in total. The summed E-state index contributed by atoms with van der Waals surface area (Å²) in [7, 11) is 4.26. The molecule has 2 rings (SSSR count). The standard InChI is InChI=1S/C15H24N2/c1-12-7-8-13(15(10-12)17(2)3)11-14-6-4-5-9-16-14/h7-8,10,14,16H,4-6,9,11H2,1-3H3. The fourth-order valence-electron chi connectivity index (χ4n) is 2.63. The van der Waals surface area contributed by atoms with Crippen molar-refractivity contribution in [3.8, 4) is 0 Å². The lowest BCUT2D eigenvalue weighted by molar-refractivity contribution is 0.399. The highest BCUT2D eigenvalue weighted by molar-refractivity contribution is 5.54. The Hall–Kier alpha value is -1.02. The van der Waals surface area contributed by atoms with Crippen molar-refractivity contribution in [3.63, 3.8) is 0 Å². The summed E-state index contributed by atoms with van der Waals surface area (Å²) in [5.74, 6) is 0. The Balaban J connectivity index is 2.13. The molecule has 1 aromatic rings.